The number of hydrogen-bond acceptors (Lipinski definition) is 3. The van der Waals surface area contributed by atoms with E-state index in [1.807, 2.05) is 18.2 Å². The second-order valence-electron chi connectivity index (χ2n) is 7.07. The summed E-state index contributed by atoms with van der Waals surface area (Å²) in [5.74, 6) is -0.238. The van der Waals surface area contributed by atoms with Gasteiger partial charge >= 0.3 is 0 Å². The molecule has 1 atom stereocenters. The quantitative estimate of drug-likeness (QED) is 0.594. The molecule has 144 valence electrons. The SMILES string of the molecule is CN(C)C(=O)c1ccc(/C=C/C(=O)N2CCCC2C(=O)c2ccccc2)cc1. The summed E-state index contributed by atoms with van der Waals surface area (Å²) in [6, 6.07) is 15.8. The van der Waals surface area contributed by atoms with Crippen molar-refractivity contribution in [2.75, 3.05) is 20.6 Å². The first-order valence-corrected chi connectivity index (χ1v) is 9.37. The van der Waals surface area contributed by atoms with E-state index in [4.69, 9.17) is 0 Å². The Morgan fingerprint density at radius 3 is 2.29 bits per heavy atom. The summed E-state index contributed by atoms with van der Waals surface area (Å²) in [4.78, 5) is 40.5. The molecule has 2 aromatic rings. The van der Waals surface area contributed by atoms with Crippen molar-refractivity contribution in [2.24, 2.45) is 0 Å². The molecule has 0 aromatic heterocycles. The molecule has 0 radical (unpaired) electrons. The van der Waals surface area contributed by atoms with Gasteiger partial charge in [-0.15, -0.1) is 0 Å². The molecule has 0 spiro atoms. The van der Waals surface area contributed by atoms with Crippen LogP contribution in [0.15, 0.2) is 60.7 Å². The number of likely N-dealkylation sites (tertiary alicyclic amines) is 1. The lowest BCUT2D eigenvalue weighted by molar-refractivity contribution is -0.126. The summed E-state index contributed by atoms with van der Waals surface area (Å²) in [6.45, 7) is 0.586. The lowest BCUT2D eigenvalue weighted by Crippen LogP contribution is -2.39. The van der Waals surface area contributed by atoms with Crippen LogP contribution in [0, 0.1) is 0 Å². The van der Waals surface area contributed by atoms with Gasteiger partial charge in [0.2, 0.25) is 5.91 Å². The van der Waals surface area contributed by atoms with E-state index >= 15 is 0 Å². The predicted octanol–water partition coefficient (Wildman–Crippen LogP) is 3.28. The molecule has 2 amide bonds. The van der Waals surface area contributed by atoms with Gasteiger partial charge in [-0.25, -0.2) is 0 Å². The number of nitrogens with zero attached hydrogens (tertiary/aromatic N) is 2. The maximum Gasteiger partial charge on any atom is 0.253 e. The molecule has 3 rings (SSSR count). The normalized spacial score (nSPS) is 16.4. The van der Waals surface area contributed by atoms with Crippen molar-refractivity contribution < 1.29 is 14.4 Å². The molecule has 1 aliphatic rings. The third kappa shape index (κ3) is 4.36. The molecule has 0 saturated carbocycles. The molecule has 2 aromatic carbocycles. The Balaban J connectivity index is 1.68. The fourth-order valence-electron chi connectivity index (χ4n) is 3.36. The number of Topliss-reactive ketones (excluding diaryl/α,β-unsaturated/α-hetero) is 1. The van der Waals surface area contributed by atoms with Crippen molar-refractivity contribution in [3.8, 4) is 0 Å². The van der Waals surface area contributed by atoms with Crippen molar-refractivity contribution in [1.82, 2.24) is 9.80 Å². The summed E-state index contributed by atoms with van der Waals surface area (Å²) in [6.07, 6.45) is 4.73. The van der Waals surface area contributed by atoms with Gasteiger partial charge in [0.15, 0.2) is 5.78 Å². The third-order valence-corrected chi connectivity index (χ3v) is 4.88. The van der Waals surface area contributed by atoms with E-state index in [0.717, 1.165) is 12.0 Å². The number of rotatable bonds is 5. The van der Waals surface area contributed by atoms with Gasteiger partial charge in [0.05, 0.1) is 6.04 Å². The van der Waals surface area contributed by atoms with Crippen molar-refractivity contribution in [2.45, 2.75) is 18.9 Å². The van der Waals surface area contributed by atoms with Gasteiger partial charge in [-0.1, -0.05) is 42.5 Å². The van der Waals surface area contributed by atoms with E-state index in [1.54, 1.807) is 61.5 Å². The number of benzene rings is 2. The summed E-state index contributed by atoms with van der Waals surface area (Å²) in [7, 11) is 3.41. The number of amides is 2. The Morgan fingerprint density at radius 2 is 1.64 bits per heavy atom. The molecular formula is C23H24N2O3. The maximum atomic E-state index is 12.7. The molecule has 1 fully saturated rings. The first-order valence-electron chi connectivity index (χ1n) is 9.37. The Bertz CT molecular complexity index is 886. The van der Waals surface area contributed by atoms with Crippen molar-refractivity contribution in [3.63, 3.8) is 0 Å². The van der Waals surface area contributed by atoms with Crippen molar-refractivity contribution >= 4 is 23.7 Å². The number of ketones is 1. The average Bonchev–Trinajstić information content (AvgIpc) is 3.22. The Hall–Kier alpha value is -3.21. The standard InChI is InChI=1S/C23H24N2O3/c1-24(2)23(28)19-13-10-17(11-14-19)12-15-21(26)25-16-6-9-20(25)22(27)18-7-4-3-5-8-18/h3-5,7-8,10-15,20H,6,9,16H2,1-2H3/b15-12+. The first-order chi connectivity index (χ1) is 13.5. The number of carbonyl (C=O) groups excluding carboxylic acids is 3. The molecule has 0 N–H and O–H groups in total. The van der Waals surface area contributed by atoms with Crippen LogP contribution in [0.25, 0.3) is 6.08 Å². The lowest BCUT2D eigenvalue weighted by Gasteiger charge is -2.22. The summed E-state index contributed by atoms with van der Waals surface area (Å²) >= 11 is 0. The molecule has 1 saturated heterocycles. The highest BCUT2D eigenvalue weighted by Crippen LogP contribution is 2.22. The largest absolute Gasteiger partial charge is 0.345 e. The molecule has 1 aliphatic heterocycles. The molecule has 0 bridgehead atoms. The maximum absolute atomic E-state index is 12.7. The van der Waals surface area contributed by atoms with Gasteiger partial charge < -0.3 is 9.80 Å². The second-order valence-corrected chi connectivity index (χ2v) is 7.07. The van der Waals surface area contributed by atoms with E-state index in [2.05, 4.69) is 0 Å². The zero-order chi connectivity index (χ0) is 20.1. The second kappa shape index (κ2) is 8.65. The van der Waals surface area contributed by atoms with E-state index in [0.29, 0.717) is 24.1 Å². The molecule has 1 unspecified atom stereocenters. The van der Waals surface area contributed by atoms with Crippen LogP contribution in [-0.4, -0.2) is 54.1 Å². The Kier molecular flexibility index (Phi) is 6.04. The van der Waals surface area contributed by atoms with Gasteiger partial charge in [-0.2, -0.15) is 0 Å². The highest BCUT2D eigenvalue weighted by molar-refractivity contribution is 6.04. The summed E-state index contributed by atoms with van der Waals surface area (Å²) < 4.78 is 0. The summed E-state index contributed by atoms with van der Waals surface area (Å²) in [5, 5.41) is 0. The van der Waals surface area contributed by atoms with Gasteiger partial charge in [-0.05, 0) is 36.6 Å². The van der Waals surface area contributed by atoms with Crippen LogP contribution in [0.4, 0.5) is 0 Å². The minimum Gasteiger partial charge on any atom is -0.345 e. The van der Waals surface area contributed by atoms with Gasteiger partial charge in [0, 0.05) is 37.8 Å². The highest BCUT2D eigenvalue weighted by Gasteiger charge is 2.33. The average molecular weight is 376 g/mol. The van der Waals surface area contributed by atoms with Crippen LogP contribution in [0.3, 0.4) is 0 Å². The van der Waals surface area contributed by atoms with Crippen LogP contribution in [0.1, 0.15) is 39.1 Å². The van der Waals surface area contributed by atoms with Crippen LogP contribution in [0.2, 0.25) is 0 Å². The predicted molar refractivity (Wildman–Crippen MR) is 109 cm³/mol. The number of carbonyl (C=O) groups is 3. The topological polar surface area (TPSA) is 57.7 Å². The van der Waals surface area contributed by atoms with Gasteiger partial charge in [-0.3, -0.25) is 14.4 Å². The van der Waals surface area contributed by atoms with E-state index in [1.165, 1.54) is 11.0 Å². The van der Waals surface area contributed by atoms with Crippen molar-refractivity contribution in [1.29, 1.82) is 0 Å². The fraction of sp³-hybridized carbons (Fsp3) is 0.261. The first kappa shape index (κ1) is 19.5. The Morgan fingerprint density at radius 1 is 0.964 bits per heavy atom. The van der Waals surface area contributed by atoms with E-state index < -0.39 is 6.04 Å². The highest BCUT2D eigenvalue weighted by atomic mass is 16.2. The smallest absolute Gasteiger partial charge is 0.253 e. The minimum absolute atomic E-state index is 0.00796. The van der Waals surface area contributed by atoms with Crippen LogP contribution in [-0.2, 0) is 4.79 Å². The number of hydrogen-bond donors (Lipinski definition) is 0. The van der Waals surface area contributed by atoms with Crippen LogP contribution >= 0.6 is 0 Å². The molecule has 1 heterocycles. The minimum atomic E-state index is -0.403. The fourth-order valence-corrected chi connectivity index (χ4v) is 3.36. The monoisotopic (exact) mass is 376 g/mol. The van der Waals surface area contributed by atoms with Gasteiger partial charge in [0.25, 0.3) is 5.91 Å². The zero-order valence-electron chi connectivity index (χ0n) is 16.2. The Labute approximate surface area is 165 Å². The molecule has 5 nitrogen and oxygen atoms in total. The van der Waals surface area contributed by atoms with Crippen molar-refractivity contribution in [3.05, 3.63) is 77.4 Å². The summed E-state index contributed by atoms with van der Waals surface area (Å²) in [5.41, 5.74) is 2.06. The molecule has 28 heavy (non-hydrogen) atoms. The van der Waals surface area contributed by atoms with E-state index in [-0.39, 0.29) is 17.6 Å². The van der Waals surface area contributed by atoms with Crippen LogP contribution < -0.4 is 0 Å². The molecular weight excluding hydrogens is 352 g/mol. The lowest BCUT2D eigenvalue weighted by atomic mass is 10.0. The van der Waals surface area contributed by atoms with Gasteiger partial charge in [0.1, 0.15) is 0 Å². The van der Waals surface area contributed by atoms with Crippen LogP contribution in [0.5, 0.6) is 0 Å². The molecule has 5 heteroatoms. The zero-order valence-corrected chi connectivity index (χ0v) is 16.2. The molecule has 0 aliphatic carbocycles. The third-order valence-electron chi connectivity index (χ3n) is 4.88. The van der Waals surface area contributed by atoms with E-state index in [9.17, 15) is 14.4 Å².